The van der Waals surface area contributed by atoms with Crippen LogP contribution in [0.2, 0.25) is 0 Å². The van der Waals surface area contributed by atoms with Gasteiger partial charge in [-0.25, -0.2) is 4.98 Å². The molecule has 0 spiro atoms. The summed E-state index contributed by atoms with van der Waals surface area (Å²) in [4.78, 5) is 22.6. The molecule has 0 atom stereocenters. The number of benzene rings is 1. The highest BCUT2D eigenvalue weighted by Crippen LogP contribution is 2.14. The molecule has 0 saturated heterocycles. The van der Waals surface area contributed by atoms with Gasteiger partial charge in [0.25, 0.3) is 5.91 Å². The molecule has 0 saturated carbocycles. The predicted molar refractivity (Wildman–Crippen MR) is 82.6 cm³/mol. The van der Waals surface area contributed by atoms with Gasteiger partial charge in [0.2, 0.25) is 0 Å². The lowest BCUT2D eigenvalue weighted by Crippen LogP contribution is -2.37. The quantitative estimate of drug-likeness (QED) is 0.875. The zero-order valence-corrected chi connectivity index (χ0v) is 12.6. The largest absolute Gasteiger partial charge is 0.399 e. The molecule has 1 amide bonds. The molecule has 1 aromatic carbocycles. The van der Waals surface area contributed by atoms with Crippen molar-refractivity contribution in [2.45, 2.75) is 33.4 Å². The van der Waals surface area contributed by atoms with E-state index >= 15 is 0 Å². The van der Waals surface area contributed by atoms with Crippen molar-refractivity contribution in [3.8, 4) is 0 Å². The van der Waals surface area contributed by atoms with Crippen LogP contribution >= 0.6 is 0 Å². The van der Waals surface area contributed by atoms with Gasteiger partial charge in [-0.3, -0.25) is 9.78 Å². The number of carbonyl (C=O) groups is 1. The summed E-state index contributed by atoms with van der Waals surface area (Å²) in [5.41, 5.74) is 8.63. The van der Waals surface area contributed by atoms with Crippen LogP contribution in [0.15, 0.2) is 36.7 Å². The molecule has 110 valence electrons. The molecule has 0 aliphatic rings. The zero-order valence-electron chi connectivity index (χ0n) is 12.6. The van der Waals surface area contributed by atoms with Gasteiger partial charge in [-0.05, 0) is 38.5 Å². The predicted octanol–water partition coefficient (Wildman–Crippen LogP) is 2.42. The normalized spacial score (nSPS) is 10.7. The third-order valence-corrected chi connectivity index (χ3v) is 3.19. The molecule has 0 aliphatic heterocycles. The second-order valence-electron chi connectivity index (χ2n) is 5.31. The van der Waals surface area contributed by atoms with Crippen LogP contribution in [-0.4, -0.2) is 26.8 Å². The van der Waals surface area contributed by atoms with Gasteiger partial charge in [-0.1, -0.05) is 12.1 Å². The van der Waals surface area contributed by atoms with Crippen molar-refractivity contribution >= 4 is 11.6 Å². The van der Waals surface area contributed by atoms with E-state index in [9.17, 15) is 4.79 Å². The van der Waals surface area contributed by atoms with Gasteiger partial charge < -0.3 is 10.6 Å². The Labute approximate surface area is 124 Å². The number of rotatable bonds is 4. The summed E-state index contributed by atoms with van der Waals surface area (Å²) in [7, 11) is 0. The Balaban J connectivity index is 2.22. The van der Waals surface area contributed by atoms with E-state index in [-0.39, 0.29) is 11.9 Å². The first-order valence-electron chi connectivity index (χ1n) is 6.91. The fraction of sp³-hybridized carbons (Fsp3) is 0.312. The standard InChI is InChI=1S/C16H20N4O/c1-11(2)20(10-13-5-4-6-14(17)7-13)16(21)15-9-18-12(3)8-19-15/h4-9,11H,10,17H2,1-3H3. The number of amides is 1. The molecule has 2 aromatic rings. The lowest BCUT2D eigenvalue weighted by molar-refractivity contribution is 0.0683. The average molecular weight is 284 g/mol. The highest BCUT2D eigenvalue weighted by atomic mass is 16.2. The van der Waals surface area contributed by atoms with Crippen LogP contribution < -0.4 is 5.73 Å². The van der Waals surface area contributed by atoms with E-state index in [4.69, 9.17) is 5.73 Å². The van der Waals surface area contributed by atoms with E-state index in [2.05, 4.69) is 9.97 Å². The number of hydrogen-bond donors (Lipinski definition) is 1. The molecule has 0 aliphatic carbocycles. The maximum absolute atomic E-state index is 12.6. The SMILES string of the molecule is Cc1cnc(C(=O)N(Cc2cccc(N)c2)C(C)C)cn1. The summed E-state index contributed by atoms with van der Waals surface area (Å²) in [6, 6.07) is 7.61. The fourth-order valence-corrected chi connectivity index (χ4v) is 2.03. The van der Waals surface area contributed by atoms with Crippen LogP contribution in [0.25, 0.3) is 0 Å². The number of carbonyl (C=O) groups excluding carboxylic acids is 1. The van der Waals surface area contributed by atoms with Crippen LogP contribution in [-0.2, 0) is 6.54 Å². The Hall–Kier alpha value is -2.43. The monoisotopic (exact) mass is 284 g/mol. The molecular weight excluding hydrogens is 264 g/mol. The summed E-state index contributed by atoms with van der Waals surface area (Å²) in [5.74, 6) is -0.125. The van der Waals surface area contributed by atoms with E-state index in [0.29, 0.717) is 17.9 Å². The molecule has 5 nitrogen and oxygen atoms in total. The minimum absolute atomic E-state index is 0.0574. The number of hydrogen-bond acceptors (Lipinski definition) is 4. The Morgan fingerprint density at radius 2 is 2.05 bits per heavy atom. The third kappa shape index (κ3) is 3.78. The van der Waals surface area contributed by atoms with E-state index in [1.807, 2.05) is 45.0 Å². The van der Waals surface area contributed by atoms with E-state index in [1.54, 1.807) is 11.1 Å². The van der Waals surface area contributed by atoms with Crippen molar-refractivity contribution in [1.29, 1.82) is 0 Å². The van der Waals surface area contributed by atoms with Gasteiger partial charge >= 0.3 is 0 Å². The molecule has 1 heterocycles. The summed E-state index contributed by atoms with van der Waals surface area (Å²) >= 11 is 0. The highest BCUT2D eigenvalue weighted by Gasteiger charge is 2.20. The van der Waals surface area contributed by atoms with Gasteiger partial charge in [-0.2, -0.15) is 0 Å². The van der Waals surface area contributed by atoms with Crippen LogP contribution in [0.5, 0.6) is 0 Å². The Bertz CT molecular complexity index is 622. The minimum Gasteiger partial charge on any atom is -0.399 e. The minimum atomic E-state index is -0.125. The second kappa shape index (κ2) is 6.35. The molecule has 2 rings (SSSR count). The maximum Gasteiger partial charge on any atom is 0.274 e. The van der Waals surface area contributed by atoms with Crippen LogP contribution in [0.4, 0.5) is 5.69 Å². The number of aromatic nitrogens is 2. The molecule has 21 heavy (non-hydrogen) atoms. The lowest BCUT2D eigenvalue weighted by atomic mass is 10.1. The molecule has 2 N–H and O–H groups in total. The number of nitrogens with zero attached hydrogens (tertiary/aromatic N) is 3. The second-order valence-corrected chi connectivity index (χ2v) is 5.31. The van der Waals surface area contributed by atoms with Gasteiger partial charge in [0.15, 0.2) is 0 Å². The number of nitrogen functional groups attached to an aromatic ring is 1. The van der Waals surface area contributed by atoms with Crippen LogP contribution in [0.3, 0.4) is 0 Å². The summed E-state index contributed by atoms with van der Waals surface area (Å²) < 4.78 is 0. The molecule has 0 unspecified atom stereocenters. The average Bonchev–Trinajstić information content (AvgIpc) is 2.44. The topological polar surface area (TPSA) is 72.1 Å². The first-order chi connectivity index (χ1) is 9.97. The van der Waals surface area contributed by atoms with Gasteiger partial charge in [0.1, 0.15) is 5.69 Å². The van der Waals surface area contributed by atoms with Gasteiger partial charge in [0.05, 0.1) is 11.9 Å². The fourth-order valence-electron chi connectivity index (χ4n) is 2.03. The molecule has 0 bridgehead atoms. The van der Waals surface area contributed by atoms with Crippen molar-refractivity contribution in [1.82, 2.24) is 14.9 Å². The number of anilines is 1. The maximum atomic E-state index is 12.6. The molecule has 1 aromatic heterocycles. The smallest absolute Gasteiger partial charge is 0.274 e. The van der Waals surface area contributed by atoms with Gasteiger partial charge in [0, 0.05) is 24.5 Å². The Kier molecular flexibility index (Phi) is 4.52. The van der Waals surface area contributed by atoms with Crippen LogP contribution in [0.1, 0.15) is 35.6 Å². The van der Waals surface area contributed by atoms with Crippen molar-refractivity contribution in [3.63, 3.8) is 0 Å². The summed E-state index contributed by atoms with van der Waals surface area (Å²) in [6.07, 6.45) is 3.12. The summed E-state index contributed by atoms with van der Waals surface area (Å²) in [6.45, 7) is 6.29. The van der Waals surface area contributed by atoms with Crippen molar-refractivity contribution in [3.05, 3.63) is 53.6 Å². The van der Waals surface area contributed by atoms with Gasteiger partial charge in [-0.15, -0.1) is 0 Å². The van der Waals surface area contributed by atoms with Crippen molar-refractivity contribution in [2.75, 3.05) is 5.73 Å². The number of nitrogens with two attached hydrogens (primary N) is 1. The van der Waals surface area contributed by atoms with E-state index in [1.165, 1.54) is 6.20 Å². The van der Waals surface area contributed by atoms with Crippen molar-refractivity contribution in [2.24, 2.45) is 0 Å². The van der Waals surface area contributed by atoms with E-state index < -0.39 is 0 Å². The zero-order chi connectivity index (χ0) is 15.4. The molecule has 0 radical (unpaired) electrons. The summed E-state index contributed by atoms with van der Waals surface area (Å²) in [5, 5.41) is 0. The number of aryl methyl sites for hydroxylation is 1. The first kappa shape index (κ1) is 15.0. The lowest BCUT2D eigenvalue weighted by Gasteiger charge is -2.26. The Morgan fingerprint density at radius 1 is 1.29 bits per heavy atom. The third-order valence-electron chi connectivity index (χ3n) is 3.19. The first-order valence-corrected chi connectivity index (χ1v) is 6.91. The molecule has 0 fully saturated rings. The Morgan fingerprint density at radius 3 is 2.62 bits per heavy atom. The van der Waals surface area contributed by atoms with Crippen molar-refractivity contribution < 1.29 is 4.79 Å². The van der Waals surface area contributed by atoms with Crippen LogP contribution in [0, 0.1) is 6.92 Å². The molecule has 5 heteroatoms. The highest BCUT2D eigenvalue weighted by molar-refractivity contribution is 5.92. The molecular formula is C16H20N4O. The van der Waals surface area contributed by atoms with E-state index in [0.717, 1.165) is 11.3 Å².